The van der Waals surface area contributed by atoms with Crippen LogP contribution in [0.25, 0.3) is 0 Å². The monoisotopic (exact) mass is 386 g/mol. The summed E-state index contributed by atoms with van der Waals surface area (Å²) in [6, 6.07) is 8.91. The van der Waals surface area contributed by atoms with E-state index in [4.69, 9.17) is 0 Å². The fourth-order valence-electron chi connectivity index (χ4n) is 3.65. The number of hydrogen-bond donors (Lipinski definition) is 1. The van der Waals surface area contributed by atoms with E-state index in [2.05, 4.69) is 15.2 Å². The minimum Gasteiger partial charge on any atom is -0.357 e. The number of amides is 1. The van der Waals surface area contributed by atoms with Gasteiger partial charge in [0.25, 0.3) is 5.91 Å². The van der Waals surface area contributed by atoms with Crippen molar-refractivity contribution < 1.29 is 13.2 Å². The lowest BCUT2D eigenvalue weighted by Crippen LogP contribution is -2.27. The molecular formula is C19H22N4O3S. The van der Waals surface area contributed by atoms with Crippen molar-refractivity contribution in [1.29, 1.82) is 0 Å². The summed E-state index contributed by atoms with van der Waals surface area (Å²) in [7, 11) is -3.29. The van der Waals surface area contributed by atoms with Gasteiger partial charge in [-0.3, -0.25) is 9.10 Å². The van der Waals surface area contributed by atoms with Gasteiger partial charge in [0.05, 0.1) is 23.8 Å². The molecule has 0 bridgehead atoms. The highest BCUT2D eigenvalue weighted by molar-refractivity contribution is 7.92. The number of benzene rings is 1. The Morgan fingerprint density at radius 1 is 1.11 bits per heavy atom. The van der Waals surface area contributed by atoms with Crippen molar-refractivity contribution in [3.05, 3.63) is 47.7 Å². The van der Waals surface area contributed by atoms with Gasteiger partial charge in [0, 0.05) is 25.2 Å². The minimum absolute atomic E-state index is 0.230. The van der Waals surface area contributed by atoms with E-state index >= 15 is 0 Å². The van der Waals surface area contributed by atoms with E-state index in [0.29, 0.717) is 29.9 Å². The molecule has 0 unspecified atom stereocenters. The molecule has 142 valence electrons. The highest BCUT2D eigenvalue weighted by atomic mass is 32.2. The summed E-state index contributed by atoms with van der Waals surface area (Å²) < 4.78 is 25.0. The van der Waals surface area contributed by atoms with Crippen LogP contribution in [0.2, 0.25) is 0 Å². The van der Waals surface area contributed by atoms with Gasteiger partial charge in [0.15, 0.2) is 0 Å². The van der Waals surface area contributed by atoms with Gasteiger partial charge in [-0.15, -0.1) is 0 Å². The predicted octanol–water partition coefficient (Wildman–Crippen LogP) is 2.26. The van der Waals surface area contributed by atoms with Crippen LogP contribution in [-0.4, -0.2) is 45.2 Å². The van der Waals surface area contributed by atoms with Crippen LogP contribution in [0.1, 0.15) is 28.8 Å². The quantitative estimate of drug-likeness (QED) is 0.872. The summed E-state index contributed by atoms with van der Waals surface area (Å²) in [6.45, 7) is 2.47. The summed E-state index contributed by atoms with van der Waals surface area (Å²) >= 11 is 0. The third-order valence-corrected chi connectivity index (χ3v) is 6.21. The van der Waals surface area contributed by atoms with Crippen LogP contribution in [0.3, 0.4) is 0 Å². The van der Waals surface area contributed by atoms with Gasteiger partial charge in [0.2, 0.25) is 10.0 Å². The van der Waals surface area contributed by atoms with E-state index in [0.717, 1.165) is 24.5 Å². The Labute approximate surface area is 159 Å². The van der Waals surface area contributed by atoms with Crippen LogP contribution in [-0.2, 0) is 16.4 Å². The van der Waals surface area contributed by atoms with Crippen LogP contribution in [0.4, 0.5) is 17.2 Å². The molecule has 2 aliphatic rings. The summed E-state index contributed by atoms with van der Waals surface area (Å²) in [4.78, 5) is 19.2. The summed E-state index contributed by atoms with van der Waals surface area (Å²) in [5.41, 5.74) is 2.68. The molecule has 1 fully saturated rings. The molecule has 0 radical (unpaired) electrons. The van der Waals surface area contributed by atoms with Crippen molar-refractivity contribution in [2.24, 2.45) is 0 Å². The molecule has 4 rings (SSSR count). The maximum atomic E-state index is 12.6. The Morgan fingerprint density at radius 2 is 1.89 bits per heavy atom. The number of nitrogens with one attached hydrogen (secondary N) is 1. The van der Waals surface area contributed by atoms with Crippen molar-refractivity contribution >= 4 is 33.1 Å². The van der Waals surface area contributed by atoms with E-state index in [1.54, 1.807) is 24.4 Å². The first kappa shape index (κ1) is 17.8. The first-order valence-corrected chi connectivity index (χ1v) is 10.9. The molecule has 0 saturated carbocycles. The number of aromatic nitrogens is 1. The molecule has 7 nitrogen and oxygen atoms in total. The Morgan fingerprint density at radius 3 is 2.56 bits per heavy atom. The fraction of sp³-hybridized carbons (Fsp3) is 0.368. The van der Waals surface area contributed by atoms with E-state index in [9.17, 15) is 13.2 Å². The van der Waals surface area contributed by atoms with Crippen LogP contribution in [0.15, 0.2) is 36.5 Å². The predicted molar refractivity (Wildman–Crippen MR) is 106 cm³/mol. The van der Waals surface area contributed by atoms with Crippen molar-refractivity contribution in [1.82, 2.24) is 4.98 Å². The third-order valence-electron chi connectivity index (χ3n) is 5.03. The van der Waals surface area contributed by atoms with Gasteiger partial charge in [-0.05, 0) is 55.2 Å². The molecule has 1 aromatic heterocycles. The second kappa shape index (κ2) is 6.84. The zero-order valence-electron chi connectivity index (χ0n) is 15.2. The molecule has 1 saturated heterocycles. The maximum Gasteiger partial charge on any atom is 0.255 e. The van der Waals surface area contributed by atoms with Crippen LogP contribution in [0.5, 0.6) is 0 Å². The van der Waals surface area contributed by atoms with Gasteiger partial charge in [0.1, 0.15) is 5.82 Å². The average Bonchev–Trinajstić information content (AvgIpc) is 3.31. The summed E-state index contributed by atoms with van der Waals surface area (Å²) in [5.74, 6) is 0.704. The van der Waals surface area contributed by atoms with E-state index < -0.39 is 10.0 Å². The molecule has 8 heteroatoms. The van der Waals surface area contributed by atoms with Crippen molar-refractivity contribution in [3.8, 4) is 0 Å². The van der Waals surface area contributed by atoms with E-state index in [1.807, 2.05) is 12.1 Å². The van der Waals surface area contributed by atoms with Gasteiger partial charge < -0.3 is 10.2 Å². The highest BCUT2D eigenvalue weighted by Crippen LogP contribution is 2.31. The van der Waals surface area contributed by atoms with Crippen molar-refractivity contribution in [3.63, 3.8) is 0 Å². The molecular weight excluding hydrogens is 364 g/mol. The maximum absolute atomic E-state index is 12.6. The van der Waals surface area contributed by atoms with Gasteiger partial charge in [-0.1, -0.05) is 0 Å². The Bertz CT molecular complexity index is 967. The van der Waals surface area contributed by atoms with Gasteiger partial charge in [-0.2, -0.15) is 0 Å². The number of hydrogen-bond acceptors (Lipinski definition) is 5. The zero-order valence-corrected chi connectivity index (χ0v) is 16.0. The summed E-state index contributed by atoms with van der Waals surface area (Å²) in [6.07, 6.45) is 5.85. The molecule has 0 atom stereocenters. The topological polar surface area (TPSA) is 82.6 Å². The molecule has 2 aromatic rings. The number of fused-ring (bicyclic) bond motifs is 1. The molecule has 1 amide bonds. The normalized spacial score (nSPS) is 16.5. The van der Waals surface area contributed by atoms with Crippen LogP contribution < -0.4 is 14.5 Å². The number of carbonyl (C=O) groups is 1. The number of nitrogens with zero attached hydrogens (tertiary/aromatic N) is 3. The highest BCUT2D eigenvalue weighted by Gasteiger charge is 2.26. The largest absolute Gasteiger partial charge is 0.357 e. The van der Waals surface area contributed by atoms with E-state index in [1.165, 1.54) is 23.4 Å². The molecule has 2 aliphatic heterocycles. The first-order chi connectivity index (χ1) is 12.9. The lowest BCUT2D eigenvalue weighted by Gasteiger charge is -2.17. The van der Waals surface area contributed by atoms with Gasteiger partial charge in [-0.25, -0.2) is 13.4 Å². The van der Waals surface area contributed by atoms with Crippen LogP contribution >= 0.6 is 0 Å². The lowest BCUT2D eigenvalue weighted by atomic mass is 10.1. The molecule has 0 aliphatic carbocycles. The molecule has 3 heterocycles. The number of carbonyl (C=O) groups excluding carboxylic acids is 1. The standard InChI is InChI=1S/C19H22N4O3S/c1-27(25,26)23-11-8-14-12-15(4-6-17(14)23)19(24)21-16-5-7-18(20-13-16)22-9-2-3-10-22/h4-7,12-13H,2-3,8-11H2,1H3,(H,21,24). The average molecular weight is 386 g/mol. The SMILES string of the molecule is CS(=O)(=O)N1CCc2cc(C(=O)Nc3ccc(N4CCCC4)nc3)ccc21. The lowest BCUT2D eigenvalue weighted by molar-refractivity contribution is 0.102. The first-order valence-electron chi connectivity index (χ1n) is 9.05. The van der Waals surface area contributed by atoms with Gasteiger partial charge >= 0.3 is 0 Å². The second-order valence-electron chi connectivity index (χ2n) is 6.98. The molecule has 1 N–H and O–H groups in total. The van der Waals surface area contributed by atoms with E-state index in [-0.39, 0.29) is 5.91 Å². The molecule has 27 heavy (non-hydrogen) atoms. The Kier molecular flexibility index (Phi) is 4.51. The van der Waals surface area contributed by atoms with Crippen molar-refractivity contribution in [2.45, 2.75) is 19.3 Å². The fourth-order valence-corrected chi connectivity index (χ4v) is 4.61. The number of anilines is 3. The minimum atomic E-state index is -3.29. The number of pyridine rings is 1. The zero-order chi connectivity index (χ0) is 19.0. The molecule has 0 spiro atoms. The third kappa shape index (κ3) is 3.62. The Hall–Kier alpha value is -2.61. The number of sulfonamides is 1. The van der Waals surface area contributed by atoms with Crippen LogP contribution in [0, 0.1) is 0 Å². The second-order valence-corrected chi connectivity index (χ2v) is 8.89. The smallest absolute Gasteiger partial charge is 0.255 e. The summed E-state index contributed by atoms with van der Waals surface area (Å²) in [5, 5.41) is 2.86. The Balaban J connectivity index is 1.47. The van der Waals surface area contributed by atoms with Crippen molar-refractivity contribution in [2.75, 3.05) is 40.4 Å². The number of rotatable bonds is 4. The molecule has 1 aromatic carbocycles.